The number of rotatable bonds is 0. The van der Waals surface area contributed by atoms with Gasteiger partial charge in [0.05, 0.1) is 12.2 Å². The fourth-order valence-electron chi connectivity index (χ4n) is 0.321. The molecule has 1 aromatic heterocycles. The zero-order chi connectivity index (χ0) is 8.59. The van der Waals surface area contributed by atoms with Gasteiger partial charge in [-0.2, -0.15) is 4.39 Å². The van der Waals surface area contributed by atoms with Crippen molar-refractivity contribution in [3.05, 3.63) is 27.7 Å². The number of hydrogen-bond acceptors (Lipinski definition) is 1. The average Bonchev–Trinajstić information content (AvgIpc) is 1.97. The Balaban J connectivity index is 3.46. The standard InChI is InChI=1S/C5H2BrClFN/c6-4-3(7)1-2-9-5(4)8/h1-2H/i1D,2D. The van der Waals surface area contributed by atoms with Gasteiger partial charge in [0.2, 0.25) is 5.95 Å². The van der Waals surface area contributed by atoms with E-state index in [-0.39, 0.29) is 15.5 Å². The monoisotopic (exact) mass is 211 g/mol. The maximum Gasteiger partial charge on any atom is 0.228 e. The summed E-state index contributed by atoms with van der Waals surface area (Å²) in [5, 5.41) is -0.123. The Kier molecular flexibility index (Phi) is 1.35. The zero-order valence-electron chi connectivity index (χ0n) is 6.08. The van der Waals surface area contributed by atoms with Crippen LogP contribution in [-0.4, -0.2) is 4.98 Å². The summed E-state index contributed by atoms with van der Waals surface area (Å²) in [5.74, 6) is -0.865. The van der Waals surface area contributed by atoms with Gasteiger partial charge in [0.1, 0.15) is 0 Å². The Hall–Kier alpha value is -0.150. The Bertz CT molecular complexity index is 281. The Morgan fingerprint density at radius 1 is 1.89 bits per heavy atom. The molecule has 0 spiro atoms. The molecule has 4 heteroatoms. The van der Waals surface area contributed by atoms with Crippen molar-refractivity contribution in [3.8, 4) is 0 Å². The molecule has 0 aliphatic heterocycles. The van der Waals surface area contributed by atoms with Crippen molar-refractivity contribution in [2.45, 2.75) is 0 Å². The van der Waals surface area contributed by atoms with Crippen molar-refractivity contribution in [2.75, 3.05) is 0 Å². The summed E-state index contributed by atoms with van der Waals surface area (Å²) >= 11 is 8.25. The van der Waals surface area contributed by atoms with Crippen LogP contribution < -0.4 is 0 Å². The van der Waals surface area contributed by atoms with Crippen molar-refractivity contribution in [3.63, 3.8) is 0 Å². The van der Waals surface area contributed by atoms with E-state index in [9.17, 15) is 4.39 Å². The molecule has 1 rings (SSSR count). The lowest BCUT2D eigenvalue weighted by atomic mass is 10.5. The lowest BCUT2D eigenvalue weighted by Gasteiger charge is -1.92. The molecule has 1 heterocycles. The molecule has 48 valence electrons. The van der Waals surface area contributed by atoms with Crippen LogP contribution in [0.25, 0.3) is 0 Å². The third-order valence-electron chi connectivity index (χ3n) is 0.694. The van der Waals surface area contributed by atoms with E-state index in [1.807, 2.05) is 0 Å². The molecule has 0 N–H and O–H groups in total. The Morgan fingerprint density at radius 3 is 3.22 bits per heavy atom. The van der Waals surface area contributed by atoms with Crippen LogP contribution in [0.1, 0.15) is 2.74 Å². The Morgan fingerprint density at radius 2 is 2.56 bits per heavy atom. The number of aromatic nitrogens is 1. The first-order valence-corrected chi connectivity index (χ1v) is 3.19. The van der Waals surface area contributed by atoms with E-state index >= 15 is 0 Å². The lowest BCUT2D eigenvalue weighted by Crippen LogP contribution is -1.81. The second-order valence-corrected chi connectivity index (χ2v) is 2.44. The Labute approximate surface area is 67.8 Å². The molecule has 1 aromatic rings. The van der Waals surface area contributed by atoms with Gasteiger partial charge in [0.25, 0.3) is 0 Å². The zero-order valence-corrected chi connectivity index (χ0v) is 6.42. The molecule has 0 aromatic carbocycles. The summed E-state index contributed by atoms with van der Waals surface area (Å²) in [4.78, 5) is 3.11. The minimum Gasteiger partial charge on any atom is -0.227 e. The van der Waals surface area contributed by atoms with Gasteiger partial charge < -0.3 is 0 Å². The summed E-state index contributed by atoms with van der Waals surface area (Å²) in [5.41, 5.74) is 0. The van der Waals surface area contributed by atoms with Crippen molar-refractivity contribution in [1.29, 1.82) is 0 Å². The second kappa shape index (κ2) is 2.62. The molecule has 1 nitrogen and oxygen atoms in total. The molecular weight excluding hydrogens is 208 g/mol. The first-order chi connectivity index (χ1) is 5.04. The van der Waals surface area contributed by atoms with Crippen molar-refractivity contribution < 1.29 is 7.13 Å². The van der Waals surface area contributed by atoms with E-state index in [1.54, 1.807) is 0 Å². The maximum absolute atomic E-state index is 12.6. The molecule has 0 amide bonds. The van der Waals surface area contributed by atoms with Crippen LogP contribution in [0.4, 0.5) is 4.39 Å². The summed E-state index contributed by atoms with van der Waals surface area (Å²) in [6.07, 6.45) is -0.462. The SMILES string of the molecule is [2H]c1nc(F)c(Br)c(Cl)c1[2H]. The minimum absolute atomic E-state index is 0.0693. The van der Waals surface area contributed by atoms with Crippen molar-refractivity contribution >= 4 is 27.5 Å². The van der Waals surface area contributed by atoms with Gasteiger partial charge in [-0.15, -0.1) is 0 Å². The van der Waals surface area contributed by atoms with Gasteiger partial charge in [-0.25, -0.2) is 4.98 Å². The quantitative estimate of drug-likeness (QED) is 0.603. The fraction of sp³-hybridized carbons (Fsp3) is 0. The molecule has 0 radical (unpaired) electrons. The summed E-state index contributed by atoms with van der Waals surface area (Å²) < 4.78 is 26.6. The van der Waals surface area contributed by atoms with Crippen LogP contribution in [0.3, 0.4) is 0 Å². The normalized spacial score (nSPS) is 12.8. The largest absolute Gasteiger partial charge is 0.228 e. The van der Waals surface area contributed by atoms with Crippen LogP contribution >= 0.6 is 27.5 Å². The van der Waals surface area contributed by atoms with Crippen LogP contribution in [0.2, 0.25) is 5.02 Å². The van der Waals surface area contributed by atoms with Gasteiger partial charge in [-0.3, -0.25) is 0 Å². The molecule has 0 bridgehead atoms. The van der Waals surface area contributed by atoms with E-state index in [0.717, 1.165) is 0 Å². The van der Waals surface area contributed by atoms with Crippen molar-refractivity contribution in [1.82, 2.24) is 4.98 Å². The molecule has 0 aliphatic carbocycles. The van der Waals surface area contributed by atoms with E-state index in [0.29, 0.717) is 0 Å². The van der Waals surface area contributed by atoms with Crippen LogP contribution in [-0.2, 0) is 0 Å². The van der Waals surface area contributed by atoms with Crippen LogP contribution in [0.5, 0.6) is 0 Å². The smallest absolute Gasteiger partial charge is 0.227 e. The van der Waals surface area contributed by atoms with Crippen LogP contribution in [0, 0.1) is 5.95 Å². The topological polar surface area (TPSA) is 12.9 Å². The number of halogens is 3. The molecule has 0 aliphatic rings. The maximum atomic E-state index is 12.6. The fourth-order valence-corrected chi connectivity index (χ4v) is 0.629. The summed E-state index contributed by atoms with van der Waals surface area (Å²) in [6, 6.07) is -0.278. The predicted octanol–water partition coefficient (Wildman–Crippen LogP) is 2.64. The predicted molar refractivity (Wildman–Crippen MR) is 36.9 cm³/mol. The molecule has 0 atom stereocenters. The molecular formula is C5H2BrClFN. The number of pyridine rings is 1. The van der Waals surface area contributed by atoms with Gasteiger partial charge in [-0.05, 0) is 22.0 Å². The molecule has 9 heavy (non-hydrogen) atoms. The molecule has 0 saturated carbocycles. The summed E-state index contributed by atoms with van der Waals surface area (Å²) in [6.45, 7) is 0. The van der Waals surface area contributed by atoms with Crippen LogP contribution in [0.15, 0.2) is 16.7 Å². The molecule has 0 unspecified atom stereocenters. The molecule has 0 saturated heterocycles. The lowest BCUT2D eigenvalue weighted by molar-refractivity contribution is 0.577. The van der Waals surface area contributed by atoms with Gasteiger partial charge in [0, 0.05) is 6.17 Å². The van der Waals surface area contributed by atoms with Crippen molar-refractivity contribution in [2.24, 2.45) is 0 Å². The highest BCUT2D eigenvalue weighted by Crippen LogP contribution is 2.22. The summed E-state index contributed by atoms with van der Waals surface area (Å²) in [7, 11) is 0. The highest BCUT2D eigenvalue weighted by Gasteiger charge is 2.01. The number of hydrogen-bond donors (Lipinski definition) is 0. The highest BCUT2D eigenvalue weighted by molar-refractivity contribution is 9.10. The van der Waals surface area contributed by atoms with E-state index < -0.39 is 12.1 Å². The minimum atomic E-state index is -0.865. The number of nitrogens with zero attached hydrogens (tertiary/aromatic N) is 1. The second-order valence-electron chi connectivity index (χ2n) is 1.27. The van der Waals surface area contributed by atoms with Gasteiger partial charge in [0.15, 0.2) is 0 Å². The highest BCUT2D eigenvalue weighted by atomic mass is 79.9. The van der Waals surface area contributed by atoms with E-state index in [4.69, 9.17) is 14.3 Å². The third-order valence-corrected chi connectivity index (χ3v) is 1.93. The average molecular weight is 212 g/mol. The van der Waals surface area contributed by atoms with Gasteiger partial charge >= 0.3 is 0 Å². The first-order valence-electron chi connectivity index (χ1n) is 3.01. The first kappa shape index (κ1) is 4.63. The van der Waals surface area contributed by atoms with E-state index in [1.165, 1.54) is 0 Å². The third kappa shape index (κ3) is 1.40. The van der Waals surface area contributed by atoms with E-state index in [2.05, 4.69) is 20.9 Å². The van der Waals surface area contributed by atoms with Gasteiger partial charge in [-0.1, -0.05) is 11.6 Å². The molecule has 0 fully saturated rings.